The Balaban J connectivity index is 2.01. The van der Waals surface area contributed by atoms with E-state index in [0.29, 0.717) is 11.8 Å². The first-order chi connectivity index (χ1) is 8.31. The molecule has 2 nitrogen and oxygen atoms in total. The summed E-state index contributed by atoms with van der Waals surface area (Å²) in [5, 5.41) is 0. The van der Waals surface area contributed by atoms with Gasteiger partial charge in [0.25, 0.3) is 0 Å². The van der Waals surface area contributed by atoms with Gasteiger partial charge >= 0.3 is 0 Å². The summed E-state index contributed by atoms with van der Waals surface area (Å²) in [6, 6.07) is 9.12. The van der Waals surface area contributed by atoms with E-state index in [0.717, 1.165) is 39.0 Å². The Labute approximate surface area is 104 Å². The molecule has 94 valence electrons. The molecular weight excluding hydrogens is 210 g/mol. The summed E-state index contributed by atoms with van der Waals surface area (Å²) in [6.07, 6.45) is 3.39. The van der Waals surface area contributed by atoms with Gasteiger partial charge in [-0.1, -0.05) is 31.2 Å². The molecule has 1 fully saturated rings. The number of ether oxygens (including phenoxy) is 1. The van der Waals surface area contributed by atoms with Gasteiger partial charge in [0.05, 0.1) is 0 Å². The Morgan fingerprint density at radius 3 is 2.47 bits per heavy atom. The molecule has 1 unspecified atom stereocenters. The minimum atomic E-state index is 0.573. The topological polar surface area (TPSA) is 35.2 Å². The first kappa shape index (κ1) is 12.6. The maximum atomic E-state index is 5.60. The lowest BCUT2D eigenvalue weighted by Crippen LogP contribution is -2.14. The third-order valence-corrected chi connectivity index (χ3v) is 3.80. The van der Waals surface area contributed by atoms with E-state index in [4.69, 9.17) is 10.5 Å². The summed E-state index contributed by atoms with van der Waals surface area (Å²) in [4.78, 5) is 0. The van der Waals surface area contributed by atoms with Gasteiger partial charge < -0.3 is 10.5 Å². The van der Waals surface area contributed by atoms with Gasteiger partial charge in [-0.25, -0.2) is 0 Å². The van der Waals surface area contributed by atoms with Crippen molar-refractivity contribution in [3.05, 3.63) is 35.4 Å². The molecule has 1 atom stereocenters. The van der Waals surface area contributed by atoms with Gasteiger partial charge in [0, 0.05) is 13.2 Å². The normalized spacial score (nSPS) is 19.2. The molecule has 2 heteroatoms. The number of nitrogens with two attached hydrogens (primary N) is 1. The number of rotatable bonds is 4. The molecule has 0 spiro atoms. The smallest absolute Gasteiger partial charge is 0.0471 e. The van der Waals surface area contributed by atoms with Crippen LogP contribution in [0.15, 0.2) is 24.3 Å². The summed E-state index contributed by atoms with van der Waals surface area (Å²) in [7, 11) is 0. The first-order valence-electron chi connectivity index (χ1n) is 6.69. The zero-order valence-electron chi connectivity index (χ0n) is 10.7. The Kier molecular flexibility index (Phi) is 4.57. The van der Waals surface area contributed by atoms with E-state index in [2.05, 4.69) is 31.2 Å². The molecule has 0 saturated carbocycles. The first-order valence-corrected chi connectivity index (χ1v) is 6.69. The van der Waals surface area contributed by atoms with E-state index < -0.39 is 0 Å². The van der Waals surface area contributed by atoms with Gasteiger partial charge in [0.15, 0.2) is 0 Å². The molecule has 2 rings (SSSR count). The van der Waals surface area contributed by atoms with Gasteiger partial charge in [0.1, 0.15) is 0 Å². The van der Waals surface area contributed by atoms with Crippen molar-refractivity contribution in [2.24, 2.45) is 5.73 Å². The highest BCUT2D eigenvalue weighted by molar-refractivity contribution is 5.27. The van der Waals surface area contributed by atoms with E-state index in [-0.39, 0.29) is 0 Å². The number of hydrogen-bond donors (Lipinski definition) is 1. The lowest BCUT2D eigenvalue weighted by molar-refractivity contribution is 0.0853. The van der Waals surface area contributed by atoms with Crippen molar-refractivity contribution in [3.63, 3.8) is 0 Å². The Hall–Kier alpha value is -0.860. The van der Waals surface area contributed by atoms with Crippen molar-refractivity contribution in [1.82, 2.24) is 0 Å². The molecule has 17 heavy (non-hydrogen) atoms. The summed E-state index contributed by atoms with van der Waals surface area (Å²) >= 11 is 0. The van der Waals surface area contributed by atoms with E-state index in [1.807, 2.05) is 0 Å². The number of benzene rings is 1. The zero-order chi connectivity index (χ0) is 12.1. The maximum absolute atomic E-state index is 5.60. The van der Waals surface area contributed by atoms with Crippen molar-refractivity contribution in [2.75, 3.05) is 19.8 Å². The fourth-order valence-electron chi connectivity index (χ4n) is 2.54. The lowest BCUT2D eigenvalue weighted by atomic mass is 9.89. The molecule has 2 N–H and O–H groups in total. The van der Waals surface area contributed by atoms with Crippen LogP contribution in [0.25, 0.3) is 0 Å². The summed E-state index contributed by atoms with van der Waals surface area (Å²) in [6.45, 7) is 4.84. The second kappa shape index (κ2) is 6.18. The van der Waals surface area contributed by atoms with Gasteiger partial charge in [-0.2, -0.15) is 0 Å². The molecule has 1 aliphatic rings. The molecule has 0 aliphatic carbocycles. The SMILES string of the molecule is CC(CCN)c1ccc(C2CCOCC2)cc1. The van der Waals surface area contributed by atoms with Crippen LogP contribution in [0.1, 0.15) is 49.1 Å². The van der Waals surface area contributed by atoms with Crippen molar-refractivity contribution >= 4 is 0 Å². The molecular formula is C15H23NO. The van der Waals surface area contributed by atoms with Crippen LogP contribution in [-0.2, 0) is 4.74 Å². The standard InChI is InChI=1S/C15H23NO/c1-12(6-9-16)13-2-4-14(5-3-13)15-7-10-17-11-8-15/h2-5,12,15H,6-11,16H2,1H3. The van der Waals surface area contributed by atoms with Crippen molar-refractivity contribution in [2.45, 2.75) is 38.0 Å². The van der Waals surface area contributed by atoms with E-state index in [1.165, 1.54) is 11.1 Å². The maximum Gasteiger partial charge on any atom is 0.0471 e. The average Bonchev–Trinajstić information content (AvgIpc) is 2.40. The van der Waals surface area contributed by atoms with Crippen LogP contribution in [0.4, 0.5) is 0 Å². The Morgan fingerprint density at radius 1 is 1.24 bits per heavy atom. The molecule has 0 amide bonds. The Morgan fingerprint density at radius 2 is 1.88 bits per heavy atom. The zero-order valence-corrected chi connectivity index (χ0v) is 10.7. The van der Waals surface area contributed by atoms with Crippen molar-refractivity contribution in [3.8, 4) is 0 Å². The highest BCUT2D eigenvalue weighted by atomic mass is 16.5. The van der Waals surface area contributed by atoms with E-state index >= 15 is 0 Å². The predicted molar refractivity (Wildman–Crippen MR) is 71.3 cm³/mol. The van der Waals surface area contributed by atoms with Crippen molar-refractivity contribution < 1.29 is 4.74 Å². The highest BCUT2D eigenvalue weighted by Gasteiger charge is 2.15. The third kappa shape index (κ3) is 3.30. The minimum Gasteiger partial charge on any atom is -0.381 e. The van der Waals surface area contributed by atoms with Gasteiger partial charge in [-0.3, -0.25) is 0 Å². The van der Waals surface area contributed by atoms with E-state index in [9.17, 15) is 0 Å². The number of hydrogen-bond acceptors (Lipinski definition) is 2. The van der Waals surface area contributed by atoms with E-state index in [1.54, 1.807) is 0 Å². The second-order valence-corrected chi connectivity index (χ2v) is 5.03. The fourth-order valence-corrected chi connectivity index (χ4v) is 2.54. The lowest BCUT2D eigenvalue weighted by Gasteiger charge is -2.23. The van der Waals surface area contributed by atoms with Crippen LogP contribution in [0.2, 0.25) is 0 Å². The molecule has 0 radical (unpaired) electrons. The molecule has 1 aromatic rings. The quantitative estimate of drug-likeness (QED) is 0.867. The molecule has 1 heterocycles. The van der Waals surface area contributed by atoms with Crippen LogP contribution < -0.4 is 5.73 Å². The highest BCUT2D eigenvalue weighted by Crippen LogP contribution is 2.28. The minimum absolute atomic E-state index is 0.573. The van der Waals surface area contributed by atoms with Gasteiger partial charge in [-0.15, -0.1) is 0 Å². The summed E-state index contributed by atoms with van der Waals surface area (Å²) in [5.74, 6) is 1.27. The molecule has 0 aromatic heterocycles. The van der Waals surface area contributed by atoms with Crippen LogP contribution in [0.5, 0.6) is 0 Å². The van der Waals surface area contributed by atoms with Crippen LogP contribution >= 0.6 is 0 Å². The monoisotopic (exact) mass is 233 g/mol. The molecule has 1 aromatic carbocycles. The molecule has 1 aliphatic heterocycles. The van der Waals surface area contributed by atoms with Crippen molar-refractivity contribution in [1.29, 1.82) is 0 Å². The van der Waals surface area contributed by atoms with Gasteiger partial charge in [-0.05, 0) is 48.8 Å². The van der Waals surface area contributed by atoms with Crippen LogP contribution in [-0.4, -0.2) is 19.8 Å². The molecule has 0 bridgehead atoms. The van der Waals surface area contributed by atoms with Crippen LogP contribution in [0.3, 0.4) is 0 Å². The third-order valence-electron chi connectivity index (χ3n) is 3.80. The van der Waals surface area contributed by atoms with Gasteiger partial charge in [0.2, 0.25) is 0 Å². The fraction of sp³-hybridized carbons (Fsp3) is 0.600. The summed E-state index contributed by atoms with van der Waals surface area (Å²) in [5.41, 5.74) is 8.48. The molecule has 1 saturated heterocycles. The second-order valence-electron chi connectivity index (χ2n) is 5.03. The predicted octanol–water partition coefficient (Wildman–Crippen LogP) is 3.03. The van der Waals surface area contributed by atoms with Crippen LogP contribution in [0, 0.1) is 0 Å². The average molecular weight is 233 g/mol. The largest absolute Gasteiger partial charge is 0.381 e. The Bertz CT molecular complexity index is 327. The summed E-state index contributed by atoms with van der Waals surface area (Å²) < 4.78 is 5.40.